The van der Waals surface area contributed by atoms with Gasteiger partial charge in [-0.3, -0.25) is 4.99 Å². The third-order valence-corrected chi connectivity index (χ3v) is 4.29. The first kappa shape index (κ1) is 21.2. The summed E-state index contributed by atoms with van der Waals surface area (Å²) in [4.78, 5) is 9.20. The number of hydrogen-bond donors (Lipinski definition) is 1. The van der Waals surface area contributed by atoms with Crippen LogP contribution in [0.1, 0.15) is 25.3 Å². The van der Waals surface area contributed by atoms with E-state index in [-0.39, 0.29) is 29.8 Å². The minimum absolute atomic E-state index is 0. The molecule has 1 atom stereocenters. The van der Waals surface area contributed by atoms with Crippen molar-refractivity contribution in [1.82, 2.24) is 15.1 Å². The summed E-state index contributed by atoms with van der Waals surface area (Å²) in [7, 11) is 6.29. The first-order valence-electron chi connectivity index (χ1n) is 8.41. The Hall–Kier alpha value is -0.890. The van der Waals surface area contributed by atoms with Crippen molar-refractivity contribution in [3.8, 4) is 0 Å². The number of rotatable bonds is 7. The molecule has 1 aromatic carbocycles. The van der Waals surface area contributed by atoms with Crippen molar-refractivity contribution in [3.05, 3.63) is 35.6 Å². The molecule has 1 N–H and O–H groups in total. The van der Waals surface area contributed by atoms with Crippen LogP contribution in [0.4, 0.5) is 4.39 Å². The molecule has 1 unspecified atom stereocenters. The van der Waals surface area contributed by atoms with E-state index in [1.54, 1.807) is 0 Å². The molecule has 24 heavy (non-hydrogen) atoms. The summed E-state index contributed by atoms with van der Waals surface area (Å²) in [5, 5.41) is 3.35. The fourth-order valence-electron chi connectivity index (χ4n) is 2.80. The molecule has 6 heteroatoms. The molecule has 0 radical (unpaired) electrons. The predicted molar refractivity (Wildman–Crippen MR) is 109 cm³/mol. The Morgan fingerprint density at radius 3 is 2.38 bits per heavy atom. The molecule has 4 nitrogen and oxygen atoms in total. The van der Waals surface area contributed by atoms with E-state index in [0.29, 0.717) is 12.6 Å². The van der Waals surface area contributed by atoms with E-state index in [9.17, 15) is 4.39 Å². The molecule has 0 amide bonds. The normalized spacial score (nSPS) is 15.8. The molecule has 1 fully saturated rings. The summed E-state index contributed by atoms with van der Waals surface area (Å²) in [5.74, 6) is 1.50. The van der Waals surface area contributed by atoms with E-state index in [1.165, 1.54) is 25.0 Å². The number of likely N-dealkylation sites (N-methyl/N-ethyl adjacent to an activating group) is 1. The summed E-state index contributed by atoms with van der Waals surface area (Å²) < 4.78 is 13.0. The van der Waals surface area contributed by atoms with Gasteiger partial charge in [0, 0.05) is 26.2 Å². The molecule has 136 valence electrons. The van der Waals surface area contributed by atoms with Crippen molar-refractivity contribution in [1.29, 1.82) is 0 Å². The van der Waals surface area contributed by atoms with Gasteiger partial charge in [0.05, 0.1) is 6.54 Å². The summed E-state index contributed by atoms with van der Waals surface area (Å²) >= 11 is 0. The lowest BCUT2D eigenvalue weighted by atomic mass is 10.2. The van der Waals surface area contributed by atoms with Gasteiger partial charge < -0.3 is 15.1 Å². The summed E-state index contributed by atoms with van der Waals surface area (Å²) in [6.45, 7) is 4.43. The zero-order valence-electron chi connectivity index (χ0n) is 15.1. The van der Waals surface area contributed by atoms with Crippen LogP contribution in [0.15, 0.2) is 29.3 Å². The highest BCUT2D eigenvalue weighted by Crippen LogP contribution is 2.34. The van der Waals surface area contributed by atoms with E-state index in [4.69, 9.17) is 4.99 Å². The van der Waals surface area contributed by atoms with Crippen LogP contribution in [0.5, 0.6) is 0 Å². The van der Waals surface area contributed by atoms with Gasteiger partial charge >= 0.3 is 0 Å². The Balaban J connectivity index is 0.00000288. The summed E-state index contributed by atoms with van der Waals surface area (Å²) in [6.07, 6.45) is 2.64. The monoisotopic (exact) mass is 448 g/mol. The molecule has 1 aliphatic rings. The van der Waals surface area contributed by atoms with Gasteiger partial charge in [0.1, 0.15) is 5.82 Å². The van der Waals surface area contributed by atoms with E-state index < -0.39 is 0 Å². The Morgan fingerprint density at radius 1 is 1.25 bits per heavy atom. The Morgan fingerprint density at radius 2 is 1.88 bits per heavy atom. The van der Waals surface area contributed by atoms with E-state index in [1.807, 2.05) is 19.2 Å². The third-order valence-electron chi connectivity index (χ3n) is 4.29. The van der Waals surface area contributed by atoms with Crippen molar-refractivity contribution in [2.45, 2.75) is 32.4 Å². The maximum Gasteiger partial charge on any atom is 0.194 e. The predicted octanol–water partition coefficient (Wildman–Crippen LogP) is 3.18. The number of nitrogens with zero attached hydrogens (tertiary/aromatic N) is 3. The van der Waals surface area contributed by atoms with Crippen LogP contribution >= 0.6 is 24.0 Å². The average molecular weight is 448 g/mol. The van der Waals surface area contributed by atoms with Crippen molar-refractivity contribution >= 4 is 29.9 Å². The molecule has 2 rings (SSSR count). The fourth-order valence-corrected chi connectivity index (χ4v) is 2.80. The minimum Gasteiger partial charge on any atom is -0.357 e. The van der Waals surface area contributed by atoms with Crippen LogP contribution in [0.3, 0.4) is 0 Å². The van der Waals surface area contributed by atoms with Crippen molar-refractivity contribution in [2.75, 3.05) is 34.2 Å². The molecule has 0 bridgehead atoms. The highest BCUT2D eigenvalue weighted by Gasteiger charge is 2.32. The van der Waals surface area contributed by atoms with Crippen LogP contribution in [0.25, 0.3) is 0 Å². The van der Waals surface area contributed by atoms with Gasteiger partial charge in [-0.2, -0.15) is 0 Å². The lowest BCUT2D eigenvalue weighted by Gasteiger charge is -2.25. The van der Waals surface area contributed by atoms with Gasteiger partial charge in [0.15, 0.2) is 5.96 Å². The first-order valence-corrected chi connectivity index (χ1v) is 8.41. The topological polar surface area (TPSA) is 30.9 Å². The van der Waals surface area contributed by atoms with Crippen molar-refractivity contribution < 1.29 is 4.39 Å². The summed E-state index contributed by atoms with van der Waals surface area (Å²) in [6, 6.07) is 7.16. The largest absolute Gasteiger partial charge is 0.357 e. The average Bonchev–Trinajstić information content (AvgIpc) is 3.33. The van der Waals surface area contributed by atoms with Gasteiger partial charge in [0.25, 0.3) is 0 Å². The number of aliphatic imine (C=N–C) groups is 1. The second-order valence-corrected chi connectivity index (χ2v) is 6.55. The number of guanidine groups is 1. The van der Waals surface area contributed by atoms with Gasteiger partial charge in [-0.15, -0.1) is 24.0 Å². The number of hydrogen-bond acceptors (Lipinski definition) is 2. The van der Waals surface area contributed by atoms with Gasteiger partial charge in [-0.05, 0) is 57.5 Å². The molecule has 1 aliphatic carbocycles. The number of benzene rings is 1. The van der Waals surface area contributed by atoms with Gasteiger partial charge in [-0.25, -0.2) is 4.39 Å². The van der Waals surface area contributed by atoms with Crippen molar-refractivity contribution in [3.63, 3.8) is 0 Å². The Kier molecular flexibility index (Phi) is 8.97. The molecular formula is C18H30FIN4. The second kappa shape index (κ2) is 10.2. The second-order valence-electron chi connectivity index (χ2n) is 6.55. The quantitative estimate of drug-likeness (QED) is 0.395. The van der Waals surface area contributed by atoms with E-state index in [2.05, 4.69) is 36.1 Å². The van der Waals surface area contributed by atoms with Gasteiger partial charge in [0.2, 0.25) is 0 Å². The number of halogens is 2. The van der Waals surface area contributed by atoms with E-state index >= 15 is 0 Å². The maximum absolute atomic E-state index is 13.0. The maximum atomic E-state index is 13.0. The van der Waals surface area contributed by atoms with E-state index in [0.717, 1.165) is 30.5 Å². The highest BCUT2D eigenvalue weighted by atomic mass is 127. The zero-order chi connectivity index (χ0) is 16.8. The SMILES string of the molecule is CCNC(=NCC(C1CC1)N(C)C)N(C)Cc1ccc(F)cc1.I. The molecule has 0 aromatic heterocycles. The van der Waals surface area contributed by atoms with Crippen LogP contribution in [-0.2, 0) is 6.54 Å². The molecule has 1 aromatic rings. The Bertz CT molecular complexity index is 512. The van der Waals surface area contributed by atoms with Crippen molar-refractivity contribution in [2.24, 2.45) is 10.9 Å². The minimum atomic E-state index is -0.199. The van der Waals surface area contributed by atoms with Gasteiger partial charge in [-0.1, -0.05) is 12.1 Å². The highest BCUT2D eigenvalue weighted by molar-refractivity contribution is 14.0. The third kappa shape index (κ3) is 6.55. The lowest BCUT2D eigenvalue weighted by molar-refractivity contribution is 0.270. The molecular weight excluding hydrogens is 418 g/mol. The fraction of sp³-hybridized carbons (Fsp3) is 0.611. The van der Waals surface area contributed by atoms with Crippen LogP contribution < -0.4 is 5.32 Å². The molecule has 0 aliphatic heterocycles. The Labute approximate surface area is 162 Å². The molecule has 1 saturated carbocycles. The van der Waals surface area contributed by atoms with Crippen LogP contribution in [0.2, 0.25) is 0 Å². The smallest absolute Gasteiger partial charge is 0.194 e. The zero-order valence-corrected chi connectivity index (χ0v) is 17.5. The van der Waals surface area contributed by atoms with Crippen LogP contribution in [-0.4, -0.2) is 56.0 Å². The molecule has 0 spiro atoms. The van der Waals surface area contributed by atoms with Crippen LogP contribution in [0, 0.1) is 11.7 Å². The molecule has 0 heterocycles. The summed E-state index contributed by atoms with van der Waals surface area (Å²) in [5.41, 5.74) is 1.07. The standard InChI is InChI=1S/C18H29FN4.HI/c1-5-20-18(21-12-17(22(2)3)15-8-9-15)23(4)13-14-6-10-16(19)11-7-14;/h6-7,10-11,15,17H,5,8-9,12-13H2,1-4H3,(H,20,21);1H. The molecule has 0 saturated heterocycles. The lowest BCUT2D eigenvalue weighted by Crippen LogP contribution is -2.40. The number of nitrogens with one attached hydrogen (secondary N) is 1. The first-order chi connectivity index (χ1) is 11.0.